The smallest absolute Gasteiger partial charge is 0.259 e. The molecule has 0 atom stereocenters. The van der Waals surface area contributed by atoms with Crippen molar-refractivity contribution in [1.29, 1.82) is 0 Å². The molecule has 0 aromatic heterocycles. The second-order valence-corrected chi connectivity index (χ2v) is 5.40. The number of nitrogens with one attached hydrogen (secondary N) is 2. The molecule has 0 saturated heterocycles. The fourth-order valence-corrected chi connectivity index (χ4v) is 2.32. The second-order valence-electron chi connectivity index (χ2n) is 5.40. The topological polar surface area (TPSA) is 93.7 Å². The van der Waals surface area contributed by atoms with E-state index in [0.29, 0.717) is 22.7 Å². The highest BCUT2D eigenvalue weighted by atomic mass is 16.5. The largest absolute Gasteiger partial charge is 0.496 e. The standard InChI is InChI=1S/C19H20N2O5/c1-12(22)13-7-9-14(10-8-13)21-17(23)11-20-19(24)18-15(25-2)5-4-6-16(18)26-3/h4-10H,11H2,1-3H3,(H,20,24)(H,21,23). The Bertz CT molecular complexity index is 793. The number of hydrogen-bond donors (Lipinski definition) is 2. The van der Waals surface area contributed by atoms with Crippen molar-refractivity contribution in [3.63, 3.8) is 0 Å². The van der Waals surface area contributed by atoms with E-state index in [1.165, 1.54) is 21.1 Å². The summed E-state index contributed by atoms with van der Waals surface area (Å²) >= 11 is 0. The maximum atomic E-state index is 12.4. The van der Waals surface area contributed by atoms with Crippen molar-refractivity contribution in [1.82, 2.24) is 5.32 Å². The van der Waals surface area contributed by atoms with E-state index in [2.05, 4.69) is 10.6 Å². The Labute approximate surface area is 151 Å². The molecule has 0 aliphatic heterocycles. The first-order valence-corrected chi connectivity index (χ1v) is 7.86. The van der Waals surface area contributed by atoms with E-state index in [4.69, 9.17) is 9.47 Å². The fraction of sp³-hybridized carbons (Fsp3) is 0.211. The third-order valence-electron chi connectivity index (χ3n) is 3.64. The van der Waals surface area contributed by atoms with Crippen LogP contribution in [0.4, 0.5) is 5.69 Å². The summed E-state index contributed by atoms with van der Waals surface area (Å²) in [6.45, 7) is 1.24. The van der Waals surface area contributed by atoms with E-state index in [1.807, 2.05) is 0 Å². The number of amides is 2. The Kier molecular flexibility index (Phi) is 6.32. The van der Waals surface area contributed by atoms with Gasteiger partial charge in [0.25, 0.3) is 5.91 Å². The van der Waals surface area contributed by atoms with Crippen molar-refractivity contribution in [3.05, 3.63) is 53.6 Å². The van der Waals surface area contributed by atoms with Crippen molar-refractivity contribution in [2.45, 2.75) is 6.92 Å². The lowest BCUT2D eigenvalue weighted by Crippen LogP contribution is -2.33. The Morgan fingerprint density at radius 1 is 0.923 bits per heavy atom. The molecule has 2 rings (SSSR count). The third-order valence-corrected chi connectivity index (χ3v) is 3.64. The summed E-state index contributed by atoms with van der Waals surface area (Å²) in [5.41, 5.74) is 1.31. The average molecular weight is 356 g/mol. The molecule has 7 heteroatoms. The minimum atomic E-state index is -0.485. The molecule has 0 aliphatic rings. The van der Waals surface area contributed by atoms with Gasteiger partial charge in [-0.2, -0.15) is 0 Å². The third kappa shape index (κ3) is 4.60. The Hall–Kier alpha value is -3.35. The van der Waals surface area contributed by atoms with E-state index in [0.717, 1.165) is 0 Å². The Morgan fingerprint density at radius 3 is 2.00 bits per heavy atom. The summed E-state index contributed by atoms with van der Waals surface area (Å²) in [5, 5.41) is 5.18. The van der Waals surface area contributed by atoms with Crippen molar-refractivity contribution in [3.8, 4) is 11.5 Å². The summed E-state index contributed by atoms with van der Waals surface area (Å²) in [7, 11) is 2.89. The average Bonchev–Trinajstić information content (AvgIpc) is 2.65. The van der Waals surface area contributed by atoms with Gasteiger partial charge in [-0.15, -0.1) is 0 Å². The molecule has 0 fully saturated rings. The first kappa shape index (κ1) is 19.0. The van der Waals surface area contributed by atoms with Gasteiger partial charge in [0, 0.05) is 11.3 Å². The minimum Gasteiger partial charge on any atom is -0.496 e. The van der Waals surface area contributed by atoms with E-state index >= 15 is 0 Å². The zero-order valence-electron chi connectivity index (χ0n) is 14.8. The van der Waals surface area contributed by atoms with Gasteiger partial charge in [0.15, 0.2) is 5.78 Å². The number of carbonyl (C=O) groups excluding carboxylic acids is 3. The molecule has 0 saturated carbocycles. The molecule has 2 aromatic carbocycles. The van der Waals surface area contributed by atoms with Crippen molar-refractivity contribution in [2.75, 3.05) is 26.1 Å². The van der Waals surface area contributed by atoms with Gasteiger partial charge in [-0.05, 0) is 43.3 Å². The predicted molar refractivity (Wildman–Crippen MR) is 97.0 cm³/mol. The molecule has 0 radical (unpaired) electrons. The quantitative estimate of drug-likeness (QED) is 0.742. The summed E-state index contributed by atoms with van der Waals surface area (Å²) < 4.78 is 10.3. The molecule has 0 bridgehead atoms. The number of ketones is 1. The number of anilines is 1. The normalized spacial score (nSPS) is 9.96. The highest BCUT2D eigenvalue weighted by Gasteiger charge is 2.18. The highest BCUT2D eigenvalue weighted by Crippen LogP contribution is 2.27. The van der Waals surface area contributed by atoms with Crippen LogP contribution in [0.3, 0.4) is 0 Å². The van der Waals surface area contributed by atoms with Crippen molar-refractivity contribution >= 4 is 23.3 Å². The molecule has 136 valence electrons. The van der Waals surface area contributed by atoms with Gasteiger partial charge in [-0.3, -0.25) is 14.4 Å². The molecular formula is C19H20N2O5. The molecular weight excluding hydrogens is 336 g/mol. The van der Waals surface area contributed by atoms with Crippen LogP contribution in [0.1, 0.15) is 27.6 Å². The van der Waals surface area contributed by atoms with Crippen LogP contribution in [0.2, 0.25) is 0 Å². The van der Waals surface area contributed by atoms with E-state index in [-0.39, 0.29) is 17.9 Å². The van der Waals surface area contributed by atoms with E-state index in [1.54, 1.807) is 42.5 Å². The Balaban J connectivity index is 1.99. The molecule has 7 nitrogen and oxygen atoms in total. The van der Waals surface area contributed by atoms with Gasteiger partial charge < -0.3 is 20.1 Å². The van der Waals surface area contributed by atoms with Gasteiger partial charge in [-0.1, -0.05) is 6.07 Å². The number of benzene rings is 2. The SMILES string of the molecule is COc1cccc(OC)c1C(=O)NCC(=O)Nc1ccc(C(C)=O)cc1. The summed E-state index contributed by atoms with van der Waals surface area (Å²) in [5.74, 6) is -0.241. The minimum absolute atomic E-state index is 0.0547. The molecule has 0 aliphatic carbocycles. The number of rotatable bonds is 7. The van der Waals surface area contributed by atoms with Crippen LogP contribution < -0.4 is 20.1 Å². The molecule has 0 spiro atoms. The number of ether oxygens (including phenoxy) is 2. The maximum absolute atomic E-state index is 12.4. The lowest BCUT2D eigenvalue weighted by molar-refractivity contribution is -0.115. The van der Waals surface area contributed by atoms with Gasteiger partial charge in [0.05, 0.1) is 20.8 Å². The predicted octanol–water partition coefficient (Wildman–Crippen LogP) is 2.27. The highest BCUT2D eigenvalue weighted by molar-refractivity contribution is 6.03. The van der Waals surface area contributed by atoms with Crippen LogP contribution in [-0.4, -0.2) is 38.4 Å². The number of carbonyl (C=O) groups is 3. The molecule has 2 amide bonds. The second kappa shape index (κ2) is 8.66. The summed E-state index contributed by atoms with van der Waals surface area (Å²) in [6, 6.07) is 11.5. The Morgan fingerprint density at radius 2 is 1.50 bits per heavy atom. The number of Topliss-reactive ketones (excluding diaryl/α,β-unsaturated/α-hetero) is 1. The molecule has 2 aromatic rings. The maximum Gasteiger partial charge on any atom is 0.259 e. The van der Waals surface area contributed by atoms with E-state index in [9.17, 15) is 14.4 Å². The van der Waals surface area contributed by atoms with Gasteiger partial charge in [0.1, 0.15) is 17.1 Å². The van der Waals surface area contributed by atoms with Crippen LogP contribution in [0, 0.1) is 0 Å². The van der Waals surface area contributed by atoms with Gasteiger partial charge in [0.2, 0.25) is 5.91 Å². The molecule has 26 heavy (non-hydrogen) atoms. The first-order valence-electron chi connectivity index (χ1n) is 7.86. The van der Waals surface area contributed by atoms with Crippen LogP contribution in [0.15, 0.2) is 42.5 Å². The zero-order valence-corrected chi connectivity index (χ0v) is 14.8. The lowest BCUT2D eigenvalue weighted by Gasteiger charge is -2.13. The van der Waals surface area contributed by atoms with Crippen LogP contribution >= 0.6 is 0 Å². The molecule has 0 heterocycles. The zero-order chi connectivity index (χ0) is 19.1. The van der Waals surface area contributed by atoms with Gasteiger partial charge in [-0.25, -0.2) is 0 Å². The van der Waals surface area contributed by atoms with Crippen molar-refractivity contribution in [2.24, 2.45) is 0 Å². The first-order chi connectivity index (χ1) is 12.5. The van der Waals surface area contributed by atoms with Gasteiger partial charge >= 0.3 is 0 Å². The van der Waals surface area contributed by atoms with Crippen LogP contribution in [0.25, 0.3) is 0 Å². The molecule has 0 unspecified atom stereocenters. The summed E-state index contributed by atoms with van der Waals surface area (Å²) in [6.07, 6.45) is 0. The molecule has 2 N–H and O–H groups in total. The fourth-order valence-electron chi connectivity index (χ4n) is 2.32. The summed E-state index contributed by atoms with van der Waals surface area (Å²) in [4.78, 5) is 35.7. The van der Waals surface area contributed by atoms with Crippen LogP contribution in [-0.2, 0) is 4.79 Å². The number of methoxy groups -OCH3 is 2. The van der Waals surface area contributed by atoms with E-state index < -0.39 is 11.8 Å². The number of hydrogen-bond acceptors (Lipinski definition) is 5. The van der Waals surface area contributed by atoms with Crippen LogP contribution in [0.5, 0.6) is 11.5 Å². The lowest BCUT2D eigenvalue weighted by atomic mass is 10.1. The monoisotopic (exact) mass is 356 g/mol. The van der Waals surface area contributed by atoms with Crippen molar-refractivity contribution < 1.29 is 23.9 Å².